The van der Waals surface area contributed by atoms with Crippen molar-refractivity contribution < 1.29 is 14.3 Å². The van der Waals surface area contributed by atoms with E-state index in [0.29, 0.717) is 23.4 Å². The van der Waals surface area contributed by atoms with Gasteiger partial charge < -0.3 is 25.7 Å². The molecule has 1 fully saturated rings. The Bertz CT molecular complexity index is 1570. The Morgan fingerprint density at radius 1 is 1.00 bits per heavy atom. The molecule has 0 atom stereocenters. The van der Waals surface area contributed by atoms with E-state index in [2.05, 4.69) is 34.9 Å². The third kappa shape index (κ3) is 6.09. The molecule has 0 saturated heterocycles. The highest BCUT2D eigenvalue weighted by molar-refractivity contribution is 6.00. The largest absolute Gasteiger partial charge is 0.444 e. The van der Waals surface area contributed by atoms with E-state index >= 15 is 0 Å². The maximum Gasteiger partial charge on any atom is 0.407 e. The van der Waals surface area contributed by atoms with Gasteiger partial charge in [-0.25, -0.2) is 9.78 Å². The summed E-state index contributed by atoms with van der Waals surface area (Å²) in [5, 5.41) is 16.3. The average molecular weight is 541 g/mol. The van der Waals surface area contributed by atoms with Crippen molar-refractivity contribution >= 4 is 39.6 Å². The van der Waals surface area contributed by atoms with E-state index in [4.69, 9.17) is 20.9 Å². The number of aromatic nitrogens is 2. The number of amidine groups is 1. The van der Waals surface area contributed by atoms with Crippen molar-refractivity contribution in [2.24, 2.45) is 5.73 Å². The van der Waals surface area contributed by atoms with Crippen LogP contribution >= 0.6 is 0 Å². The number of carbonyl (C=O) groups excluding carboxylic acids is 2. The summed E-state index contributed by atoms with van der Waals surface area (Å²) >= 11 is 0. The van der Waals surface area contributed by atoms with Crippen LogP contribution in [0, 0.1) is 5.41 Å². The number of hydrogen-bond acceptors (Lipinski definition) is 5. The second-order valence-electron chi connectivity index (χ2n) is 11.4. The number of fused-ring (bicyclic) bond motifs is 2. The topological polar surface area (TPSA) is 135 Å². The van der Waals surface area contributed by atoms with Gasteiger partial charge in [0, 0.05) is 17.6 Å². The molecule has 9 nitrogen and oxygen atoms in total. The fourth-order valence-corrected chi connectivity index (χ4v) is 5.33. The second kappa shape index (κ2) is 11.0. The summed E-state index contributed by atoms with van der Waals surface area (Å²) in [6.07, 6.45) is 2.57. The van der Waals surface area contributed by atoms with Gasteiger partial charge in [0.15, 0.2) is 5.82 Å². The van der Waals surface area contributed by atoms with Crippen molar-refractivity contribution in [2.45, 2.75) is 70.7 Å². The Morgan fingerprint density at radius 2 is 1.68 bits per heavy atom. The molecule has 0 unspecified atom stereocenters. The zero-order valence-corrected chi connectivity index (χ0v) is 23.2. The van der Waals surface area contributed by atoms with Crippen LogP contribution in [0.2, 0.25) is 0 Å². The molecule has 0 radical (unpaired) electrons. The normalized spacial score (nSPS) is 17.5. The first-order chi connectivity index (χ1) is 19.1. The van der Waals surface area contributed by atoms with Crippen LogP contribution in [0.25, 0.3) is 21.8 Å². The summed E-state index contributed by atoms with van der Waals surface area (Å²) in [4.78, 5) is 30.5. The van der Waals surface area contributed by atoms with Crippen LogP contribution in [0.4, 0.5) is 4.79 Å². The molecule has 0 bridgehead atoms. The van der Waals surface area contributed by atoms with Crippen LogP contribution in [-0.4, -0.2) is 45.1 Å². The molecule has 5 N–H and O–H groups in total. The van der Waals surface area contributed by atoms with Crippen molar-refractivity contribution in [3.05, 3.63) is 77.6 Å². The van der Waals surface area contributed by atoms with Gasteiger partial charge in [0.25, 0.3) is 5.91 Å². The number of nitrogens with two attached hydrogens (primary N) is 1. The minimum Gasteiger partial charge on any atom is -0.444 e. The lowest BCUT2D eigenvalue weighted by Gasteiger charge is -2.30. The van der Waals surface area contributed by atoms with E-state index in [0.717, 1.165) is 47.5 Å². The van der Waals surface area contributed by atoms with Crippen LogP contribution < -0.4 is 16.4 Å². The number of benzene rings is 3. The van der Waals surface area contributed by atoms with Crippen molar-refractivity contribution in [1.82, 2.24) is 20.2 Å². The van der Waals surface area contributed by atoms with E-state index in [1.807, 2.05) is 49.6 Å². The highest BCUT2D eigenvalue weighted by Crippen LogP contribution is 2.25. The number of carbonyl (C=O) groups is 2. The molecule has 208 valence electrons. The highest BCUT2D eigenvalue weighted by atomic mass is 16.6. The number of rotatable bonds is 6. The summed E-state index contributed by atoms with van der Waals surface area (Å²) in [7, 11) is 0. The molecule has 1 aliphatic carbocycles. The molecule has 2 amide bonds. The van der Waals surface area contributed by atoms with Crippen molar-refractivity contribution in [2.75, 3.05) is 0 Å². The first-order valence-corrected chi connectivity index (χ1v) is 13.7. The van der Waals surface area contributed by atoms with E-state index in [9.17, 15) is 9.59 Å². The number of ether oxygens (including phenoxy) is 1. The van der Waals surface area contributed by atoms with Crippen LogP contribution in [0.3, 0.4) is 0 Å². The summed E-state index contributed by atoms with van der Waals surface area (Å²) in [5.74, 6) is 0.0320. The minimum absolute atomic E-state index is 0.0175. The molecule has 9 heteroatoms. The first kappa shape index (κ1) is 27.2. The molecule has 1 heterocycles. The standard InChI is InChI=1S/C31H36N6O3/c1-31(2,3)40-30(39)35-23-14-12-22(13-15-23)34-29(38)28-36-25-16-11-20(27(32)33)17-26(25)37(28)18-21-9-6-8-19-7-4-5-10-24(19)21/h4-11,16-17,22-23H,12-15,18H2,1-3H3,(H3,32,33)(H,34,38)(H,35,39). The van der Waals surface area contributed by atoms with Crippen LogP contribution in [-0.2, 0) is 11.3 Å². The van der Waals surface area contributed by atoms with Gasteiger partial charge in [-0.15, -0.1) is 0 Å². The SMILES string of the molecule is CC(C)(C)OC(=O)NC1CCC(NC(=O)c2nc3ccc(C(=N)N)cc3n2Cc2cccc3ccccc23)CC1. The summed E-state index contributed by atoms with van der Waals surface area (Å²) in [5.41, 5.74) is 8.30. The van der Waals surface area contributed by atoms with E-state index < -0.39 is 11.7 Å². The molecule has 1 aliphatic rings. The molecule has 1 saturated carbocycles. The maximum absolute atomic E-state index is 13.6. The maximum atomic E-state index is 13.6. The van der Waals surface area contributed by atoms with Crippen LogP contribution in [0.5, 0.6) is 0 Å². The summed E-state index contributed by atoms with van der Waals surface area (Å²) in [6.45, 7) is 5.96. The Balaban J connectivity index is 1.37. The number of alkyl carbamates (subject to hydrolysis) is 1. The number of amides is 2. The van der Waals surface area contributed by atoms with E-state index in [-0.39, 0.29) is 23.8 Å². The Morgan fingerprint density at radius 3 is 2.38 bits per heavy atom. The van der Waals surface area contributed by atoms with Gasteiger partial charge in [-0.05, 0) is 81.0 Å². The molecule has 40 heavy (non-hydrogen) atoms. The number of hydrogen-bond donors (Lipinski definition) is 4. The average Bonchev–Trinajstić information content (AvgIpc) is 3.26. The number of nitrogens with one attached hydrogen (secondary N) is 3. The number of nitrogens with zero attached hydrogens (tertiary/aromatic N) is 2. The van der Waals surface area contributed by atoms with Crippen molar-refractivity contribution in [3.63, 3.8) is 0 Å². The predicted molar refractivity (Wildman–Crippen MR) is 157 cm³/mol. The molecule has 0 aliphatic heterocycles. The van der Waals surface area contributed by atoms with Gasteiger partial charge >= 0.3 is 6.09 Å². The lowest BCUT2D eigenvalue weighted by molar-refractivity contribution is 0.0487. The molecular weight excluding hydrogens is 504 g/mol. The third-order valence-electron chi connectivity index (χ3n) is 7.25. The molecule has 4 aromatic rings. The molecular formula is C31H36N6O3. The van der Waals surface area contributed by atoms with Gasteiger partial charge in [-0.1, -0.05) is 42.5 Å². The van der Waals surface area contributed by atoms with Gasteiger partial charge in [0.1, 0.15) is 11.4 Å². The Labute approximate surface area is 233 Å². The molecule has 0 spiro atoms. The smallest absolute Gasteiger partial charge is 0.407 e. The monoisotopic (exact) mass is 540 g/mol. The number of nitrogen functional groups attached to an aromatic ring is 1. The van der Waals surface area contributed by atoms with E-state index in [1.165, 1.54) is 0 Å². The summed E-state index contributed by atoms with van der Waals surface area (Å²) < 4.78 is 7.29. The zero-order chi connectivity index (χ0) is 28.4. The third-order valence-corrected chi connectivity index (χ3v) is 7.25. The van der Waals surface area contributed by atoms with Gasteiger partial charge in [-0.2, -0.15) is 0 Å². The highest BCUT2D eigenvalue weighted by Gasteiger charge is 2.27. The summed E-state index contributed by atoms with van der Waals surface area (Å²) in [6, 6.07) is 19.7. The van der Waals surface area contributed by atoms with Crippen LogP contribution in [0.1, 0.15) is 68.2 Å². The first-order valence-electron chi connectivity index (χ1n) is 13.7. The Kier molecular flexibility index (Phi) is 7.47. The fraction of sp³-hybridized carbons (Fsp3) is 0.355. The fourth-order valence-electron chi connectivity index (χ4n) is 5.33. The predicted octanol–water partition coefficient (Wildman–Crippen LogP) is 5.09. The zero-order valence-electron chi connectivity index (χ0n) is 23.2. The quantitative estimate of drug-likeness (QED) is 0.200. The second-order valence-corrected chi connectivity index (χ2v) is 11.4. The Hall–Kier alpha value is -4.40. The van der Waals surface area contributed by atoms with Gasteiger partial charge in [0.05, 0.1) is 17.6 Å². The van der Waals surface area contributed by atoms with Gasteiger partial charge in [-0.3, -0.25) is 10.2 Å². The molecule has 3 aromatic carbocycles. The number of imidazole rings is 1. The molecule has 5 rings (SSSR count). The van der Waals surface area contributed by atoms with Crippen LogP contribution in [0.15, 0.2) is 60.7 Å². The molecule has 1 aromatic heterocycles. The van der Waals surface area contributed by atoms with Gasteiger partial charge in [0.2, 0.25) is 0 Å². The lowest BCUT2D eigenvalue weighted by atomic mass is 9.91. The van der Waals surface area contributed by atoms with Crippen molar-refractivity contribution in [1.29, 1.82) is 5.41 Å². The lowest BCUT2D eigenvalue weighted by Crippen LogP contribution is -2.45. The van der Waals surface area contributed by atoms with E-state index in [1.54, 1.807) is 12.1 Å². The van der Waals surface area contributed by atoms with Crippen molar-refractivity contribution in [3.8, 4) is 0 Å². The minimum atomic E-state index is -0.544.